The molecule has 96 valence electrons. The second-order valence-electron chi connectivity index (χ2n) is 3.62. The Labute approximate surface area is 97.7 Å². The molecule has 0 saturated heterocycles. The maximum Gasteiger partial charge on any atom is 0.219 e. The van der Waals surface area contributed by atoms with Crippen molar-refractivity contribution in [2.75, 3.05) is 0 Å². The molecule has 2 amide bonds. The Kier molecular flexibility index (Phi) is 6.00. The summed E-state index contributed by atoms with van der Waals surface area (Å²) in [5.74, 6) is -3.31. The molecule has 0 aromatic carbocycles. The highest BCUT2D eigenvalue weighted by atomic mass is 16.2. The molecule has 0 spiro atoms. The highest BCUT2D eigenvalue weighted by Gasteiger charge is 2.27. The lowest BCUT2D eigenvalue weighted by Gasteiger charge is -2.11. The van der Waals surface area contributed by atoms with Crippen molar-refractivity contribution < 1.29 is 19.2 Å². The molecule has 0 radical (unpaired) electrons. The van der Waals surface area contributed by atoms with Crippen molar-refractivity contribution in [3.8, 4) is 0 Å². The third-order valence-corrected chi connectivity index (χ3v) is 2.04. The van der Waals surface area contributed by atoms with Crippen LogP contribution in [0.15, 0.2) is 0 Å². The zero-order chi connectivity index (χ0) is 13.6. The van der Waals surface area contributed by atoms with Gasteiger partial charge in [-0.2, -0.15) is 0 Å². The highest BCUT2D eigenvalue weighted by Crippen LogP contribution is 2.00. The largest absolute Gasteiger partial charge is 0.370 e. The quantitative estimate of drug-likeness (QED) is 0.329. The van der Waals surface area contributed by atoms with E-state index in [2.05, 4.69) is 0 Å². The van der Waals surface area contributed by atoms with Crippen molar-refractivity contribution >= 4 is 23.4 Å². The lowest BCUT2D eigenvalue weighted by molar-refractivity contribution is -0.138. The smallest absolute Gasteiger partial charge is 0.219 e. The molecule has 0 aliphatic heterocycles. The van der Waals surface area contributed by atoms with E-state index in [0.29, 0.717) is 0 Å². The van der Waals surface area contributed by atoms with E-state index in [9.17, 15) is 19.2 Å². The summed E-state index contributed by atoms with van der Waals surface area (Å²) >= 11 is 0. The van der Waals surface area contributed by atoms with E-state index < -0.39 is 41.9 Å². The number of hydrogen-bond acceptors (Lipinski definition) is 6. The van der Waals surface area contributed by atoms with E-state index in [-0.39, 0.29) is 12.8 Å². The highest BCUT2D eigenvalue weighted by molar-refractivity contribution is 6.41. The molecule has 0 aromatic heterocycles. The normalized spacial score (nSPS) is 13.8. The molecule has 8 nitrogen and oxygen atoms in total. The van der Waals surface area contributed by atoms with E-state index in [0.717, 1.165) is 0 Å². The summed E-state index contributed by atoms with van der Waals surface area (Å²) in [5.41, 5.74) is 20.4. The molecule has 0 heterocycles. The van der Waals surface area contributed by atoms with Crippen LogP contribution < -0.4 is 22.9 Å². The van der Waals surface area contributed by atoms with Crippen LogP contribution in [0.3, 0.4) is 0 Å². The fraction of sp³-hybridized carbons (Fsp3) is 0.556. The van der Waals surface area contributed by atoms with Gasteiger partial charge in [-0.25, -0.2) is 0 Å². The summed E-state index contributed by atoms with van der Waals surface area (Å²) in [6, 6.07) is -2.44. The number of Topliss-reactive ketones (excluding diaryl/α,β-unsaturated/α-hetero) is 2. The lowest BCUT2D eigenvalue weighted by atomic mass is 9.98. The van der Waals surface area contributed by atoms with Crippen LogP contribution in [0.2, 0.25) is 0 Å². The van der Waals surface area contributed by atoms with E-state index in [4.69, 9.17) is 22.9 Å². The van der Waals surface area contributed by atoms with Crippen molar-refractivity contribution in [2.45, 2.75) is 31.3 Å². The van der Waals surface area contributed by atoms with Crippen molar-refractivity contribution in [2.24, 2.45) is 22.9 Å². The standard InChI is InChI=1S/C9H16N4O4/c10-4(1-2-6(12)14)8(16)9(17)5(11)3-7(13)15/h4-5H,1-3,10-11H2,(H2,12,14)(H2,13,15)/t4-,5-/m0/s1. The zero-order valence-corrected chi connectivity index (χ0v) is 9.22. The molecule has 0 aromatic rings. The Balaban J connectivity index is 4.33. The second-order valence-corrected chi connectivity index (χ2v) is 3.62. The maximum atomic E-state index is 11.4. The molecule has 17 heavy (non-hydrogen) atoms. The van der Waals surface area contributed by atoms with Gasteiger partial charge in [0, 0.05) is 12.8 Å². The average Bonchev–Trinajstić information content (AvgIpc) is 2.22. The Bertz CT molecular complexity index is 342. The van der Waals surface area contributed by atoms with Crippen LogP contribution in [-0.2, 0) is 19.2 Å². The van der Waals surface area contributed by atoms with Crippen molar-refractivity contribution in [3.63, 3.8) is 0 Å². The van der Waals surface area contributed by atoms with Crippen LogP contribution in [-0.4, -0.2) is 35.5 Å². The number of primary amides is 2. The van der Waals surface area contributed by atoms with E-state index in [1.165, 1.54) is 0 Å². The first kappa shape index (κ1) is 15.2. The molecule has 0 bridgehead atoms. The number of nitrogens with two attached hydrogens (primary N) is 4. The molecule has 0 aliphatic carbocycles. The molecular weight excluding hydrogens is 228 g/mol. The van der Waals surface area contributed by atoms with Crippen LogP contribution in [0, 0.1) is 0 Å². The first-order valence-electron chi connectivity index (χ1n) is 4.91. The third-order valence-electron chi connectivity index (χ3n) is 2.04. The zero-order valence-electron chi connectivity index (χ0n) is 9.22. The predicted molar refractivity (Wildman–Crippen MR) is 58.2 cm³/mol. The Morgan fingerprint density at radius 1 is 0.824 bits per heavy atom. The van der Waals surface area contributed by atoms with Crippen LogP contribution in [0.1, 0.15) is 19.3 Å². The summed E-state index contributed by atoms with van der Waals surface area (Å²) in [4.78, 5) is 43.8. The van der Waals surface area contributed by atoms with Gasteiger partial charge in [0.1, 0.15) is 0 Å². The Morgan fingerprint density at radius 2 is 1.29 bits per heavy atom. The summed E-state index contributed by atoms with van der Waals surface area (Å²) in [7, 11) is 0. The van der Waals surface area contributed by atoms with Gasteiger partial charge in [-0.1, -0.05) is 0 Å². The second kappa shape index (κ2) is 6.71. The monoisotopic (exact) mass is 244 g/mol. The SMILES string of the molecule is NC(=O)CC[C@H](N)C(=O)C(=O)[C@@H](N)CC(N)=O. The van der Waals surface area contributed by atoms with Crippen LogP contribution in [0.25, 0.3) is 0 Å². The minimum Gasteiger partial charge on any atom is -0.370 e. The topological polar surface area (TPSA) is 172 Å². The summed E-state index contributed by atoms with van der Waals surface area (Å²) < 4.78 is 0. The molecule has 0 saturated carbocycles. The number of carbonyl (C=O) groups is 4. The van der Waals surface area contributed by atoms with Crippen LogP contribution in [0.4, 0.5) is 0 Å². The first-order valence-corrected chi connectivity index (χ1v) is 4.91. The minimum absolute atomic E-state index is 0.0385. The van der Waals surface area contributed by atoms with Gasteiger partial charge in [-0.15, -0.1) is 0 Å². The number of hydrogen-bond donors (Lipinski definition) is 4. The molecule has 0 unspecified atom stereocenters. The van der Waals surface area contributed by atoms with E-state index in [1.54, 1.807) is 0 Å². The fourth-order valence-corrected chi connectivity index (χ4v) is 1.10. The maximum absolute atomic E-state index is 11.4. The van der Waals surface area contributed by atoms with Gasteiger partial charge in [-0.3, -0.25) is 19.2 Å². The van der Waals surface area contributed by atoms with Crippen molar-refractivity contribution in [1.29, 1.82) is 0 Å². The lowest BCUT2D eigenvalue weighted by Crippen LogP contribution is -2.46. The molecule has 0 aliphatic rings. The summed E-state index contributed by atoms with van der Waals surface area (Å²) in [5, 5.41) is 0. The van der Waals surface area contributed by atoms with E-state index >= 15 is 0 Å². The van der Waals surface area contributed by atoms with Gasteiger partial charge >= 0.3 is 0 Å². The van der Waals surface area contributed by atoms with Gasteiger partial charge in [0.2, 0.25) is 23.4 Å². The number of rotatable bonds is 8. The number of amides is 2. The van der Waals surface area contributed by atoms with Crippen LogP contribution in [0.5, 0.6) is 0 Å². The fourth-order valence-electron chi connectivity index (χ4n) is 1.10. The number of ketones is 2. The molecule has 0 rings (SSSR count). The Morgan fingerprint density at radius 3 is 1.71 bits per heavy atom. The van der Waals surface area contributed by atoms with E-state index in [1.807, 2.05) is 0 Å². The van der Waals surface area contributed by atoms with Gasteiger partial charge in [0.25, 0.3) is 0 Å². The predicted octanol–water partition coefficient (Wildman–Crippen LogP) is -3.08. The molecule has 8 heteroatoms. The molecule has 2 atom stereocenters. The van der Waals surface area contributed by atoms with Crippen molar-refractivity contribution in [3.05, 3.63) is 0 Å². The average molecular weight is 244 g/mol. The van der Waals surface area contributed by atoms with Gasteiger partial charge < -0.3 is 22.9 Å². The first-order chi connectivity index (χ1) is 7.75. The number of carbonyl (C=O) groups excluding carboxylic acids is 4. The van der Waals surface area contributed by atoms with Gasteiger partial charge in [-0.05, 0) is 6.42 Å². The summed E-state index contributed by atoms with van der Waals surface area (Å²) in [6.07, 6.45) is -0.568. The third kappa shape index (κ3) is 5.73. The molecule has 8 N–H and O–H groups in total. The summed E-state index contributed by atoms with van der Waals surface area (Å²) in [6.45, 7) is 0. The molecule has 0 fully saturated rings. The van der Waals surface area contributed by atoms with Crippen LogP contribution >= 0.6 is 0 Å². The Hall–Kier alpha value is -1.80. The van der Waals surface area contributed by atoms with Gasteiger partial charge in [0.05, 0.1) is 12.1 Å². The minimum atomic E-state index is -1.29. The van der Waals surface area contributed by atoms with Crippen molar-refractivity contribution in [1.82, 2.24) is 0 Å². The van der Waals surface area contributed by atoms with Gasteiger partial charge in [0.15, 0.2) is 0 Å². The molecular formula is C9H16N4O4.